The van der Waals surface area contributed by atoms with Gasteiger partial charge < -0.3 is 4.74 Å². The Bertz CT molecular complexity index is 732. The molecule has 7 nitrogen and oxygen atoms in total. The number of aromatic nitrogens is 3. The van der Waals surface area contributed by atoms with Gasteiger partial charge in [0.25, 0.3) is 0 Å². The molecule has 1 aromatic carbocycles. The number of ether oxygens (including phenoxy) is 1. The first kappa shape index (κ1) is 18.4. The molecule has 3 rings (SSSR count). The number of carbonyl (C=O) groups excluding carboxylic acids is 1. The number of nitrogens with zero attached hydrogens (tertiary/aromatic N) is 3. The van der Waals surface area contributed by atoms with Crippen molar-refractivity contribution in [1.29, 1.82) is 0 Å². The zero-order chi connectivity index (χ0) is 18.6. The highest BCUT2D eigenvalue weighted by molar-refractivity contribution is 5.66. The number of amides is 1. The Morgan fingerprint density at radius 3 is 2.65 bits per heavy atom. The van der Waals surface area contributed by atoms with Crippen molar-refractivity contribution in [1.82, 2.24) is 25.6 Å². The summed E-state index contributed by atoms with van der Waals surface area (Å²) in [6.07, 6.45) is 2.71. The summed E-state index contributed by atoms with van der Waals surface area (Å²) < 4.78 is 7.20. The summed E-state index contributed by atoms with van der Waals surface area (Å²) >= 11 is 0. The standard InChI is InChI=1S/C19H27N5O2/c1-19(2,3)26-18(25)22-20-12-11-16-21-17(15-7-5-4-6-8-15)23-24(16)13-14-9-10-14/h4-8,14,20H,9-13H2,1-3H3,(H,22,25). The van der Waals surface area contributed by atoms with Gasteiger partial charge in [0, 0.05) is 25.1 Å². The maximum atomic E-state index is 11.7. The van der Waals surface area contributed by atoms with Crippen LogP contribution < -0.4 is 10.9 Å². The van der Waals surface area contributed by atoms with Gasteiger partial charge >= 0.3 is 6.09 Å². The Hall–Kier alpha value is -2.41. The average Bonchev–Trinajstić information content (AvgIpc) is 3.30. The second-order valence-corrected chi connectivity index (χ2v) is 7.65. The van der Waals surface area contributed by atoms with Crippen LogP contribution in [0.2, 0.25) is 0 Å². The monoisotopic (exact) mass is 357 g/mol. The van der Waals surface area contributed by atoms with Crippen molar-refractivity contribution < 1.29 is 9.53 Å². The molecule has 1 amide bonds. The van der Waals surface area contributed by atoms with Crippen LogP contribution in [0.15, 0.2) is 30.3 Å². The van der Waals surface area contributed by atoms with Crippen LogP contribution in [0.4, 0.5) is 4.79 Å². The molecule has 0 spiro atoms. The Morgan fingerprint density at radius 2 is 2.00 bits per heavy atom. The van der Waals surface area contributed by atoms with E-state index in [0.717, 1.165) is 23.8 Å². The summed E-state index contributed by atoms with van der Waals surface area (Å²) in [5, 5.41) is 4.69. The van der Waals surface area contributed by atoms with Crippen LogP contribution in [0.3, 0.4) is 0 Å². The minimum absolute atomic E-state index is 0.484. The molecule has 2 aromatic rings. The van der Waals surface area contributed by atoms with Crippen molar-refractivity contribution in [2.24, 2.45) is 5.92 Å². The maximum Gasteiger partial charge on any atom is 0.422 e. The summed E-state index contributed by atoms with van der Waals surface area (Å²) in [4.78, 5) is 16.4. The first-order valence-corrected chi connectivity index (χ1v) is 9.12. The average molecular weight is 357 g/mol. The van der Waals surface area contributed by atoms with Gasteiger partial charge in [-0.2, -0.15) is 5.10 Å². The third-order valence-corrected chi connectivity index (χ3v) is 3.97. The number of carbonyl (C=O) groups is 1. The number of hydrogen-bond donors (Lipinski definition) is 2. The van der Waals surface area contributed by atoms with E-state index in [1.165, 1.54) is 12.8 Å². The van der Waals surface area contributed by atoms with E-state index in [-0.39, 0.29) is 0 Å². The molecule has 0 unspecified atom stereocenters. The first-order valence-electron chi connectivity index (χ1n) is 9.12. The van der Waals surface area contributed by atoms with Crippen molar-refractivity contribution in [3.05, 3.63) is 36.2 Å². The highest BCUT2D eigenvalue weighted by Crippen LogP contribution is 2.31. The summed E-state index contributed by atoms with van der Waals surface area (Å²) in [7, 11) is 0. The minimum Gasteiger partial charge on any atom is -0.443 e. The molecule has 0 aliphatic heterocycles. The van der Waals surface area contributed by atoms with Gasteiger partial charge in [0.15, 0.2) is 5.82 Å². The molecular weight excluding hydrogens is 330 g/mol. The van der Waals surface area contributed by atoms with Gasteiger partial charge in [0.05, 0.1) is 0 Å². The molecule has 1 aliphatic carbocycles. The van der Waals surface area contributed by atoms with Crippen LogP contribution in [0.5, 0.6) is 0 Å². The fourth-order valence-corrected chi connectivity index (χ4v) is 2.57. The fraction of sp³-hybridized carbons (Fsp3) is 0.526. The molecule has 0 bridgehead atoms. The predicted molar refractivity (Wildman–Crippen MR) is 99.3 cm³/mol. The van der Waals surface area contributed by atoms with Crippen molar-refractivity contribution >= 4 is 6.09 Å². The predicted octanol–water partition coefficient (Wildman–Crippen LogP) is 2.93. The topological polar surface area (TPSA) is 81.1 Å². The SMILES string of the molecule is CC(C)(C)OC(=O)NNCCc1nc(-c2ccccc2)nn1CC1CC1. The third kappa shape index (κ3) is 5.56. The number of nitrogens with one attached hydrogen (secondary N) is 2. The molecule has 1 saturated carbocycles. The Morgan fingerprint density at radius 1 is 1.27 bits per heavy atom. The number of hydrogen-bond acceptors (Lipinski definition) is 5. The lowest BCUT2D eigenvalue weighted by Gasteiger charge is -2.19. The van der Waals surface area contributed by atoms with Crippen LogP contribution in [0.1, 0.15) is 39.4 Å². The zero-order valence-electron chi connectivity index (χ0n) is 15.7. The van der Waals surface area contributed by atoms with Crippen molar-refractivity contribution in [3.63, 3.8) is 0 Å². The zero-order valence-corrected chi connectivity index (χ0v) is 15.7. The summed E-state index contributed by atoms with van der Waals surface area (Å²) in [6.45, 7) is 6.96. The van der Waals surface area contributed by atoms with E-state index in [4.69, 9.17) is 9.72 Å². The second-order valence-electron chi connectivity index (χ2n) is 7.65. The summed E-state index contributed by atoms with van der Waals surface area (Å²) in [5.74, 6) is 2.39. The van der Waals surface area contributed by atoms with Gasteiger partial charge in [-0.3, -0.25) is 5.43 Å². The molecule has 0 atom stereocenters. The lowest BCUT2D eigenvalue weighted by Crippen LogP contribution is -2.42. The lowest BCUT2D eigenvalue weighted by molar-refractivity contribution is 0.0498. The van der Waals surface area contributed by atoms with E-state index in [1.54, 1.807) is 0 Å². The van der Waals surface area contributed by atoms with Crippen LogP contribution in [0, 0.1) is 5.92 Å². The second kappa shape index (κ2) is 7.86. The molecule has 1 aliphatic rings. The number of hydrazine groups is 1. The van der Waals surface area contributed by atoms with Gasteiger partial charge in [-0.05, 0) is 39.5 Å². The molecule has 1 heterocycles. The van der Waals surface area contributed by atoms with E-state index >= 15 is 0 Å². The normalized spacial score (nSPS) is 14.3. The van der Waals surface area contributed by atoms with Gasteiger partial charge in [-0.25, -0.2) is 19.9 Å². The molecule has 140 valence electrons. The highest BCUT2D eigenvalue weighted by Gasteiger charge is 2.24. The molecule has 1 fully saturated rings. The van der Waals surface area contributed by atoms with E-state index in [2.05, 4.69) is 16.0 Å². The maximum absolute atomic E-state index is 11.7. The molecular formula is C19H27N5O2. The highest BCUT2D eigenvalue weighted by atomic mass is 16.6. The summed E-state index contributed by atoms with van der Waals surface area (Å²) in [5.41, 5.74) is 5.95. The number of rotatable bonds is 7. The largest absolute Gasteiger partial charge is 0.443 e. The Kier molecular flexibility index (Phi) is 5.56. The van der Waals surface area contributed by atoms with Crippen molar-refractivity contribution in [2.45, 2.75) is 52.2 Å². The van der Waals surface area contributed by atoms with Gasteiger partial charge in [0.1, 0.15) is 11.4 Å². The molecule has 0 radical (unpaired) electrons. The molecule has 1 aromatic heterocycles. The van der Waals surface area contributed by atoms with Crippen molar-refractivity contribution in [3.8, 4) is 11.4 Å². The van der Waals surface area contributed by atoms with Crippen molar-refractivity contribution in [2.75, 3.05) is 6.54 Å². The van der Waals surface area contributed by atoms with E-state index in [0.29, 0.717) is 18.9 Å². The Labute approximate surface area is 154 Å². The first-order chi connectivity index (χ1) is 12.4. The fourth-order valence-electron chi connectivity index (χ4n) is 2.57. The molecule has 0 saturated heterocycles. The van der Waals surface area contributed by atoms with Crippen LogP contribution in [0.25, 0.3) is 11.4 Å². The molecule has 26 heavy (non-hydrogen) atoms. The van der Waals surface area contributed by atoms with E-state index in [9.17, 15) is 4.79 Å². The van der Waals surface area contributed by atoms with Crippen LogP contribution in [-0.2, 0) is 17.7 Å². The Balaban J connectivity index is 1.57. The molecule has 7 heteroatoms. The van der Waals surface area contributed by atoms with E-state index < -0.39 is 11.7 Å². The van der Waals surface area contributed by atoms with Gasteiger partial charge in [-0.1, -0.05) is 30.3 Å². The molecule has 2 N–H and O–H groups in total. The van der Waals surface area contributed by atoms with Gasteiger partial charge in [0.2, 0.25) is 0 Å². The van der Waals surface area contributed by atoms with Crippen LogP contribution >= 0.6 is 0 Å². The summed E-state index contributed by atoms with van der Waals surface area (Å²) in [6, 6.07) is 10.00. The third-order valence-electron chi connectivity index (χ3n) is 3.97. The minimum atomic E-state index is -0.513. The smallest absolute Gasteiger partial charge is 0.422 e. The quantitative estimate of drug-likeness (QED) is 0.588. The van der Waals surface area contributed by atoms with E-state index in [1.807, 2.05) is 55.8 Å². The van der Waals surface area contributed by atoms with Gasteiger partial charge in [-0.15, -0.1) is 0 Å². The number of benzene rings is 1. The van der Waals surface area contributed by atoms with Crippen LogP contribution in [-0.4, -0.2) is 33.0 Å². The lowest BCUT2D eigenvalue weighted by atomic mass is 10.2.